The zero-order chi connectivity index (χ0) is 12.9. The van der Waals surface area contributed by atoms with E-state index in [0.29, 0.717) is 18.5 Å². The lowest BCUT2D eigenvalue weighted by atomic mass is 9.99. The van der Waals surface area contributed by atoms with Gasteiger partial charge in [0.2, 0.25) is 5.91 Å². The summed E-state index contributed by atoms with van der Waals surface area (Å²) in [5.74, 6) is -0.163. The molecule has 0 bridgehead atoms. The zero-order valence-corrected chi connectivity index (χ0v) is 10.2. The van der Waals surface area contributed by atoms with Crippen LogP contribution in [0.4, 0.5) is 0 Å². The van der Waals surface area contributed by atoms with Gasteiger partial charge >= 0.3 is 0 Å². The molecule has 0 aliphatic carbocycles. The van der Waals surface area contributed by atoms with E-state index in [2.05, 4.69) is 5.32 Å². The van der Waals surface area contributed by atoms with Crippen LogP contribution < -0.4 is 11.1 Å². The van der Waals surface area contributed by atoms with Crippen LogP contribution in [0.2, 0.25) is 0 Å². The van der Waals surface area contributed by atoms with Crippen molar-refractivity contribution in [3.63, 3.8) is 0 Å². The number of nitrogens with one attached hydrogen (secondary N) is 1. The van der Waals surface area contributed by atoms with Crippen LogP contribution in [0.5, 0.6) is 0 Å². The molecule has 17 heavy (non-hydrogen) atoms. The van der Waals surface area contributed by atoms with E-state index in [-0.39, 0.29) is 5.91 Å². The summed E-state index contributed by atoms with van der Waals surface area (Å²) in [6.45, 7) is 4.01. The molecule has 90 valence electrons. The fourth-order valence-corrected chi connectivity index (χ4v) is 1.24. The summed E-state index contributed by atoms with van der Waals surface area (Å²) in [5.41, 5.74) is 6.54. The monoisotopic (exact) mass is 231 g/mol. The molecule has 4 nitrogen and oxygen atoms in total. The Morgan fingerprint density at radius 3 is 2.53 bits per heavy atom. The number of nitriles is 1. The number of carbonyl (C=O) groups excluding carboxylic acids is 1. The molecular formula is C13H17N3O. The summed E-state index contributed by atoms with van der Waals surface area (Å²) in [6.07, 6.45) is 0.589. The molecule has 1 unspecified atom stereocenters. The van der Waals surface area contributed by atoms with E-state index in [1.54, 1.807) is 19.1 Å². The van der Waals surface area contributed by atoms with Gasteiger partial charge in [-0.1, -0.05) is 19.1 Å². The maximum atomic E-state index is 11.7. The summed E-state index contributed by atoms with van der Waals surface area (Å²) in [7, 11) is 0. The predicted octanol–water partition coefficient (Wildman–Crippen LogP) is 1.30. The molecule has 0 aliphatic rings. The van der Waals surface area contributed by atoms with Gasteiger partial charge in [0, 0.05) is 6.54 Å². The van der Waals surface area contributed by atoms with Gasteiger partial charge in [-0.15, -0.1) is 0 Å². The molecule has 0 saturated heterocycles. The molecule has 0 radical (unpaired) electrons. The van der Waals surface area contributed by atoms with Crippen molar-refractivity contribution in [3.05, 3.63) is 35.4 Å². The number of nitrogens with two attached hydrogens (primary N) is 1. The van der Waals surface area contributed by atoms with Crippen molar-refractivity contribution >= 4 is 5.91 Å². The largest absolute Gasteiger partial charge is 0.350 e. The number of hydrogen-bond acceptors (Lipinski definition) is 3. The van der Waals surface area contributed by atoms with Gasteiger partial charge in [0.15, 0.2) is 0 Å². The third kappa shape index (κ3) is 3.58. The fraction of sp³-hybridized carbons (Fsp3) is 0.385. The van der Waals surface area contributed by atoms with E-state index < -0.39 is 5.54 Å². The SMILES string of the molecule is CCC(C)(N)C(=O)NCc1ccc(C#N)cc1. The van der Waals surface area contributed by atoms with Crippen LogP contribution in [0, 0.1) is 11.3 Å². The van der Waals surface area contributed by atoms with Crippen LogP contribution in [0.15, 0.2) is 24.3 Å². The third-order valence-electron chi connectivity index (χ3n) is 2.79. The lowest BCUT2D eigenvalue weighted by molar-refractivity contribution is -0.126. The summed E-state index contributed by atoms with van der Waals surface area (Å²) in [4.78, 5) is 11.7. The number of rotatable bonds is 4. The molecule has 4 heteroatoms. The number of amides is 1. The lowest BCUT2D eigenvalue weighted by Crippen LogP contribution is -2.50. The maximum absolute atomic E-state index is 11.7. The van der Waals surface area contributed by atoms with Crippen molar-refractivity contribution in [2.75, 3.05) is 0 Å². The quantitative estimate of drug-likeness (QED) is 0.819. The maximum Gasteiger partial charge on any atom is 0.240 e. The summed E-state index contributed by atoms with van der Waals surface area (Å²) >= 11 is 0. The minimum Gasteiger partial charge on any atom is -0.350 e. The zero-order valence-electron chi connectivity index (χ0n) is 10.2. The first-order chi connectivity index (χ1) is 7.99. The van der Waals surface area contributed by atoms with Crippen molar-refractivity contribution < 1.29 is 4.79 Å². The Morgan fingerprint density at radius 2 is 2.06 bits per heavy atom. The van der Waals surface area contributed by atoms with Gasteiger partial charge in [-0.3, -0.25) is 4.79 Å². The second-order valence-electron chi connectivity index (χ2n) is 4.26. The second-order valence-corrected chi connectivity index (χ2v) is 4.26. The summed E-state index contributed by atoms with van der Waals surface area (Å²) < 4.78 is 0. The third-order valence-corrected chi connectivity index (χ3v) is 2.79. The Balaban J connectivity index is 2.56. The molecule has 0 aliphatic heterocycles. The van der Waals surface area contributed by atoms with Gasteiger partial charge in [-0.25, -0.2) is 0 Å². The molecule has 0 heterocycles. The predicted molar refractivity (Wildman–Crippen MR) is 65.9 cm³/mol. The highest BCUT2D eigenvalue weighted by Crippen LogP contribution is 2.06. The standard InChI is InChI=1S/C13H17N3O/c1-3-13(2,15)12(17)16-9-11-6-4-10(8-14)5-7-11/h4-7H,3,9,15H2,1-2H3,(H,16,17). The van der Waals surface area contributed by atoms with Gasteiger partial charge in [-0.2, -0.15) is 5.26 Å². The van der Waals surface area contributed by atoms with Crippen molar-refractivity contribution in [2.45, 2.75) is 32.4 Å². The summed E-state index contributed by atoms with van der Waals surface area (Å²) in [5, 5.41) is 11.4. The van der Waals surface area contributed by atoms with Gasteiger partial charge in [0.05, 0.1) is 17.2 Å². The first kappa shape index (κ1) is 13.2. The molecule has 1 aromatic rings. The van der Waals surface area contributed by atoms with Crippen molar-refractivity contribution in [1.29, 1.82) is 5.26 Å². The van der Waals surface area contributed by atoms with E-state index in [1.807, 2.05) is 25.1 Å². The Labute approximate surface area is 101 Å². The van der Waals surface area contributed by atoms with Gasteiger partial charge < -0.3 is 11.1 Å². The Hall–Kier alpha value is -1.86. The van der Waals surface area contributed by atoms with Gasteiger partial charge in [0.25, 0.3) is 0 Å². The van der Waals surface area contributed by atoms with Crippen molar-refractivity contribution in [3.8, 4) is 6.07 Å². The molecule has 0 spiro atoms. The van der Waals surface area contributed by atoms with Crippen LogP contribution in [0.3, 0.4) is 0 Å². The van der Waals surface area contributed by atoms with Crippen LogP contribution in [-0.4, -0.2) is 11.4 Å². The Kier molecular flexibility index (Phi) is 4.24. The number of hydrogen-bond donors (Lipinski definition) is 2. The van der Waals surface area contributed by atoms with E-state index in [4.69, 9.17) is 11.0 Å². The smallest absolute Gasteiger partial charge is 0.240 e. The number of benzene rings is 1. The highest BCUT2D eigenvalue weighted by atomic mass is 16.2. The van der Waals surface area contributed by atoms with Crippen LogP contribution in [-0.2, 0) is 11.3 Å². The highest BCUT2D eigenvalue weighted by molar-refractivity contribution is 5.85. The minimum atomic E-state index is -0.827. The fourth-order valence-electron chi connectivity index (χ4n) is 1.24. The molecule has 0 saturated carbocycles. The van der Waals surface area contributed by atoms with Crippen LogP contribution in [0.1, 0.15) is 31.4 Å². The minimum absolute atomic E-state index is 0.163. The van der Waals surface area contributed by atoms with E-state index in [0.717, 1.165) is 5.56 Å². The summed E-state index contributed by atoms with van der Waals surface area (Å²) in [6, 6.07) is 9.13. The van der Waals surface area contributed by atoms with Crippen molar-refractivity contribution in [2.24, 2.45) is 5.73 Å². The molecule has 0 aromatic heterocycles. The molecule has 0 fully saturated rings. The van der Waals surface area contributed by atoms with Crippen LogP contribution in [0.25, 0.3) is 0 Å². The first-order valence-electron chi connectivity index (χ1n) is 5.56. The normalized spacial score (nSPS) is 13.5. The molecular weight excluding hydrogens is 214 g/mol. The molecule has 1 atom stereocenters. The lowest BCUT2D eigenvalue weighted by Gasteiger charge is -2.21. The molecule has 1 amide bonds. The van der Waals surface area contributed by atoms with Crippen molar-refractivity contribution in [1.82, 2.24) is 5.32 Å². The second kappa shape index (κ2) is 5.46. The molecule has 1 aromatic carbocycles. The first-order valence-corrected chi connectivity index (χ1v) is 5.56. The molecule has 3 N–H and O–H groups in total. The van der Waals surface area contributed by atoms with Crippen LogP contribution >= 0.6 is 0 Å². The molecule has 1 rings (SSSR count). The highest BCUT2D eigenvalue weighted by Gasteiger charge is 2.25. The average molecular weight is 231 g/mol. The van der Waals surface area contributed by atoms with E-state index in [9.17, 15) is 4.79 Å². The van der Waals surface area contributed by atoms with Gasteiger partial charge in [0.1, 0.15) is 0 Å². The average Bonchev–Trinajstić information content (AvgIpc) is 2.36. The van der Waals surface area contributed by atoms with E-state index >= 15 is 0 Å². The topological polar surface area (TPSA) is 78.9 Å². The Morgan fingerprint density at radius 1 is 1.47 bits per heavy atom. The van der Waals surface area contributed by atoms with Gasteiger partial charge in [-0.05, 0) is 31.0 Å². The number of carbonyl (C=O) groups is 1. The Bertz CT molecular complexity index is 429. The van der Waals surface area contributed by atoms with E-state index in [1.165, 1.54) is 0 Å². The number of nitrogens with zero attached hydrogens (tertiary/aromatic N) is 1.